The fourth-order valence-corrected chi connectivity index (χ4v) is 5.98. The monoisotopic (exact) mass is 318 g/mol. The quantitative estimate of drug-likeness (QED) is 0.846. The fourth-order valence-electron chi connectivity index (χ4n) is 5.98. The van der Waals surface area contributed by atoms with Gasteiger partial charge in [0.05, 0.1) is 0 Å². The highest BCUT2D eigenvalue weighted by molar-refractivity contribution is 5.82. The van der Waals surface area contributed by atoms with E-state index < -0.39 is 0 Å². The molecule has 23 heavy (non-hydrogen) atoms. The molecule has 0 spiro atoms. The van der Waals surface area contributed by atoms with Crippen molar-refractivity contribution >= 4 is 11.8 Å². The molecule has 0 aromatic carbocycles. The summed E-state index contributed by atoms with van der Waals surface area (Å²) in [7, 11) is 2.00. The van der Waals surface area contributed by atoms with Crippen molar-refractivity contribution in [1.29, 1.82) is 0 Å². The highest BCUT2D eigenvalue weighted by Gasteiger charge is 2.50. The van der Waals surface area contributed by atoms with Crippen molar-refractivity contribution in [2.24, 2.45) is 35.5 Å². The minimum atomic E-state index is 0.141. The lowest BCUT2D eigenvalue weighted by Gasteiger charge is -2.56. The first kappa shape index (κ1) is 15.5. The molecule has 5 saturated carbocycles. The maximum absolute atomic E-state index is 12.6. The zero-order valence-corrected chi connectivity index (χ0v) is 14.5. The number of hydrogen-bond donors (Lipinski definition) is 1. The Morgan fingerprint density at radius 1 is 1.00 bits per heavy atom. The second-order valence-corrected chi connectivity index (χ2v) is 8.79. The molecule has 4 bridgehead atoms. The van der Waals surface area contributed by atoms with Crippen LogP contribution in [0, 0.1) is 35.5 Å². The third-order valence-corrected chi connectivity index (χ3v) is 7.10. The van der Waals surface area contributed by atoms with E-state index in [2.05, 4.69) is 12.2 Å². The van der Waals surface area contributed by atoms with E-state index in [1.165, 1.54) is 32.1 Å². The van der Waals surface area contributed by atoms with Crippen molar-refractivity contribution in [2.75, 3.05) is 13.6 Å². The maximum Gasteiger partial charge on any atom is 0.224 e. The molecule has 0 heterocycles. The van der Waals surface area contributed by atoms with Crippen LogP contribution in [0.2, 0.25) is 0 Å². The van der Waals surface area contributed by atoms with E-state index in [0.29, 0.717) is 24.9 Å². The Morgan fingerprint density at radius 3 is 2.09 bits per heavy atom. The van der Waals surface area contributed by atoms with Crippen molar-refractivity contribution in [3.8, 4) is 0 Å². The summed E-state index contributed by atoms with van der Waals surface area (Å²) in [6.45, 7) is 2.61. The summed E-state index contributed by atoms with van der Waals surface area (Å²) in [6.07, 6.45) is 8.26. The molecule has 2 atom stereocenters. The number of carbonyl (C=O) groups excluding carboxylic acids is 2. The van der Waals surface area contributed by atoms with Crippen LogP contribution in [0.3, 0.4) is 0 Å². The number of hydrogen-bond acceptors (Lipinski definition) is 2. The first-order valence-corrected chi connectivity index (χ1v) is 9.56. The highest BCUT2D eigenvalue weighted by Crippen LogP contribution is 2.55. The standard InChI is InChI=1S/C19H30N2O2/c1-11-5-16(11)19(23)20-4-3-17(22)21(2)18-14-7-12-6-13(9-14)10-15(18)8-12/h11-16,18H,3-10H2,1-2H3,(H,20,23). The van der Waals surface area contributed by atoms with E-state index in [4.69, 9.17) is 0 Å². The number of rotatable bonds is 5. The van der Waals surface area contributed by atoms with Gasteiger partial charge >= 0.3 is 0 Å². The molecule has 5 rings (SSSR count). The van der Waals surface area contributed by atoms with Gasteiger partial charge in [-0.25, -0.2) is 0 Å². The maximum atomic E-state index is 12.6. The molecule has 5 aliphatic carbocycles. The fraction of sp³-hybridized carbons (Fsp3) is 0.895. The van der Waals surface area contributed by atoms with Gasteiger partial charge in [-0.2, -0.15) is 0 Å². The molecule has 0 radical (unpaired) electrons. The SMILES string of the molecule is CC1CC1C(=O)NCCC(=O)N(C)C1C2CC3CC(C2)CC1C3. The molecule has 1 N–H and O–H groups in total. The second kappa shape index (κ2) is 5.78. The Kier molecular flexibility index (Phi) is 3.89. The predicted octanol–water partition coefficient (Wildman–Crippen LogP) is 2.43. The summed E-state index contributed by atoms with van der Waals surface area (Å²) in [5.41, 5.74) is 0. The molecule has 128 valence electrons. The Labute approximate surface area is 139 Å². The lowest BCUT2D eigenvalue weighted by Crippen LogP contribution is -2.56. The smallest absolute Gasteiger partial charge is 0.224 e. The third-order valence-electron chi connectivity index (χ3n) is 7.10. The van der Waals surface area contributed by atoms with Crippen LogP contribution in [0.5, 0.6) is 0 Å². The van der Waals surface area contributed by atoms with Gasteiger partial charge in [0.25, 0.3) is 0 Å². The van der Waals surface area contributed by atoms with Crippen molar-refractivity contribution < 1.29 is 9.59 Å². The topological polar surface area (TPSA) is 49.4 Å². The zero-order chi connectivity index (χ0) is 16.1. The van der Waals surface area contributed by atoms with Crippen molar-refractivity contribution in [2.45, 2.75) is 57.9 Å². The van der Waals surface area contributed by atoms with Crippen LogP contribution in [0.25, 0.3) is 0 Å². The van der Waals surface area contributed by atoms with E-state index >= 15 is 0 Å². The molecular formula is C19H30N2O2. The first-order chi connectivity index (χ1) is 11.0. The molecule has 0 aromatic heterocycles. The summed E-state index contributed by atoms with van der Waals surface area (Å²) in [6, 6.07) is 0.467. The van der Waals surface area contributed by atoms with Gasteiger partial charge in [0.2, 0.25) is 11.8 Å². The Bertz CT molecular complexity index is 476. The number of nitrogens with zero attached hydrogens (tertiary/aromatic N) is 1. The third kappa shape index (κ3) is 2.89. The van der Waals surface area contributed by atoms with Crippen LogP contribution in [0.4, 0.5) is 0 Å². The van der Waals surface area contributed by atoms with Crippen LogP contribution in [0.1, 0.15) is 51.9 Å². The predicted molar refractivity (Wildman–Crippen MR) is 88.5 cm³/mol. The largest absolute Gasteiger partial charge is 0.355 e. The normalized spacial score (nSPS) is 43.3. The summed E-state index contributed by atoms with van der Waals surface area (Å²) in [5, 5.41) is 2.94. The van der Waals surface area contributed by atoms with E-state index in [1.807, 2.05) is 11.9 Å². The van der Waals surface area contributed by atoms with Gasteiger partial charge in [-0.1, -0.05) is 6.92 Å². The molecule has 0 aromatic rings. The average molecular weight is 318 g/mol. The summed E-state index contributed by atoms with van der Waals surface area (Å²) in [4.78, 5) is 26.4. The van der Waals surface area contributed by atoms with Crippen LogP contribution in [-0.4, -0.2) is 36.3 Å². The Morgan fingerprint density at radius 2 is 1.57 bits per heavy atom. The zero-order valence-electron chi connectivity index (χ0n) is 14.5. The average Bonchev–Trinajstić information content (AvgIpc) is 3.22. The van der Waals surface area contributed by atoms with Gasteiger partial charge < -0.3 is 10.2 Å². The van der Waals surface area contributed by atoms with E-state index in [0.717, 1.165) is 30.1 Å². The van der Waals surface area contributed by atoms with Gasteiger partial charge in [-0.15, -0.1) is 0 Å². The molecule has 0 saturated heterocycles. The molecular weight excluding hydrogens is 288 g/mol. The molecule has 2 unspecified atom stereocenters. The van der Waals surface area contributed by atoms with Crippen molar-refractivity contribution in [3.63, 3.8) is 0 Å². The minimum Gasteiger partial charge on any atom is -0.355 e. The summed E-state index contributed by atoms with van der Waals surface area (Å²) < 4.78 is 0. The van der Waals surface area contributed by atoms with Gasteiger partial charge in [0.1, 0.15) is 0 Å². The van der Waals surface area contributed by atoms with E-state index in [9.17, 15) is 9.59 Å². The number of carbonyl (C=O) groups is 2. The number of nitrogens with one attached hydrogen (secondary N) is 1. The van der Waals surface area contributed by atoms with Gasteiger partial charge in [0.15, 0.2) is 0 Å². The molecule has 5 fully saturated rings. The molecule has 4 heteroatoms. The summed E-state index contributed by atoms with van der Waals surface area (Å²) in [5.74, 6) is 4.45. The minimum absolute atomic E-state index is 0.141. The highest BCUT2D eigenvalue weighted by atomic mass is 16.2. The molecule has 5 aliphatic rings. The lowest BCUT2D eigenvalue weighted by molar-refractivity contribution is -0.141. The molecule has 4 nitrogen and oxygen atoms in total. The van der Waals surface area contributed by atoms with E-state index in [-0.39, 0.29) is 17.7 Å². The van der Waals surface area contributed by atoms with Crippen molar-refractivity contribution in [1.82, 2.24) is 10.2 Å². The van der Waals surface area contributed by atoms with Crippen molar-refractivity contribution in [3.05, 3.63) is 0 Å². The Hall–Kier alpha value is -1.06. The van der Waals surface area contributed by atoms with Gasteiger partial charge in [-0.3, -0.25) is 9.59 Å². The summed E-state index contributed by atoms with van der Waals surface area (Å²) >= 11 is 0. The Balaban J connectivity index is 1.28. The van der Waals surface area contributed by atoms with Crippen LogP contribution < -0.4 is 5.32 Å². The van der Waals surface area contributed by atoms with Crippen LogP contribution in [0.15, 0.2) is 0 Å². The molecule has 0 aliphatic heterocycles. The van der Waals surface area contributed by atoms with Gasteiger partial charge in [0, 0.05) is 32.0 Å². The second-order valence-electron chi connectivity index (χ2n) is 8.79. The van der Waals surface area contributed by atoms with Gasteiger partial charge in [-0.05, 0) is 68.1 Å². The van der Waals surface area contributed by atoms with E-state index in [1.54, 1.807) is 0 Å². The lowest BCUT2D eigenvalue weighted by atomic mass is 9.54. The first-order valence-electron chi connectivity index (χ1n) is 9.56. The number of amides is 2. The molecule has 2 amide bonds. The van der Waals surface area contributed by atoms with Crippen LogP contribution in [-0.2, 0) is 9.59 Å². The van der Waals surface area contributed by atoms with Crippen LogP contribution >= 0.6 is 0 Å².